The van der Waals surface area contributed by atoms with Crippen molar-refractivity contribution in [3.8, 4) is 0 Å². The number of fused-ring (bicyclic) bond motifs is 1. The minimum atomic E-state index is -1.36. The maximum atomic E-state index is 13.2. The number of imide groups is 1. The lowest BCUT2D eigenvalue weighted by Gasteiger charge is -2.28. The van der Waals surface area contributed by atoms with Crippen LogP contribution < -0.4 is 10.2 Å². The molecule has 1 aliphatic rings. The SMILES string of the molecule is CC(C)CCN(C(=O)N[C@@H](C)C(O)c1nc(C(=O)N2CCCc3ccccc32)co1)C(=O)OCc1ccccc1. The van der Waals surface area contributed by atoms with Crippen LogP contribution in [0.2, 0.25) is 0 Å². The number of nitrogens with zero attached hydrogens (tertiary/aromatic N) is 3. The largest absolute Gasteiger partial charge is 0.445 e. The average molecular weight is 549 g/mol. The van der Waals surface area contributed by atoms with E-state index in [1.807, 2.05) is 68.4 Å². The number of carbonyl (C=O) groups excluding carboxylic acids is 3. The summed E-state index contributed by atoms with van der Waals surface area (Å²) in [6.45, 7) is 6.26. The van der Waals surface area contributed by atoms with Crippen LogP contribution in [0, 0.1) is 5.92 Å². The summed E-state index contributed by atoms with van der Waals surface area (Å²) in [5, 5.41) is 13.5. The molecule has 0 spiro atoms. The third-order valence-electron chi connectivity index (χ3n) is 6.77. The number of anilines is 1. The number of ether oxygens (including phenoxy) is 1. The Morgan fingerprint density at radius 2 is 1.82 bits per heavy atom. The molecule has 0 saturated carbocycles. The van der Waals surface area contributed by atoms with Crippen molar-refractivity contribution in [1.82, 2.24) is 15.2 Å². The first-order valence-electron chi connectivity index (χ1n) is 13.6. The van der Waals surface area contributed by atoms with Gasteiger partial charge in [0.25, 0.3) is 5.91 Å². The van der Waals surface area contributed by atoms with Crippen molar-refractivity contribution < 1.29 is 28.6 Å². The van der Waals surface area contributed by atoms with Gasteiger partial charge in [0.15, 0.2) is 5.69 Å². The minimum absolute atomic E-state index is 0.0257. The molecule has 2 atom stereocenters. The van der Waals surface area contributed by atoms with Crippen LogP contribution in [0.3, 0.4) is 0 Å². The lowest BCUT2D eigenvalue weighted by atomic mass is 10.0. The Balaban J connectivity index is 1.39. The number of aliphatic hydroxyl groups is 1. The first-order chi connectivity index (χ1) is 19.2. The molecule has 4 rings (SSSR count). The molecule has 1 unspecified atom stereocenters. The zero-order valence-electron chi connectivity index (χ0n) is 23.1. The zero-order valence-corrected chi connectivity index (χ0v) is 23.1. The summed E-state index contributed by atoms with van der Waals surface area (Å²) in [7, 11) is 0. The molecular weight excluding hydrogens is 512 g/mol. The van der Waals surface area contributed by atoms with Crippen molar-refractivity contribution in [1.29, 1.82) is 0 Å². The van der Waals surface area contributed by atoms with E-state index in [9.17, 15) is 19.5 Å². The number of carbonyl (C=O) groups is 3. The summed E-state index contributed by atoms with van der Waals surface area (Å²) >= 11 is 0. The summed E-state index contributed by atoms with van der Waals surface area (Å²) < 4.78 is 10.8. The third-order valence-corrected chi connectivity index (χ3v) is 6.77. The van der Waals surface area contributed by atoms with E-state index in [2.05, 4.69) is 10.3 Å². The monoisotopic (exact) mass is 548 g/mol. The summed E-state index contributed by atoms with van der Waals surface area (Å²) in [6, 6.07) is 15.3. The number of nitrogens with one attached hydrogen (secondary N) is 1. The van der Waals surface area contributed by atoms with E-state index in [0.29, 0.717) is 13.0 Å². The maximum absolute atomic E-state index is 13.2. The van der Waals surface area contributed by atoms with Crippen LogP contribution in [-0.4, -0.2) is 52.2 Å². The van der Waals surface area contributed by atoms with E-state index in [-0.39, 0.29) is 36.6 Å². The van der Waals surface area contributed by atoms with Gasteiger partial charge in [0.1, 0.15) is 19.0 Å². The van der Waals surface area contributed by atoms with Crippen LogP contribution >= 0.6 is 0 Å². The van der Waals surface area contributed by atoms with Gasteiger partial charge >= 0.3 is 12.1 Å². The lowest BCUT2D eigenvalue weighted by Crippen LogP contribution is -2.49. The topological polar surface area (TPSA) is 125 Å². The first kappa shape index (κ1) is 28.8. The van der Waals surface area contributed by atoms with Crippen molar-refractivity contribution in [2.45, 2.75) is 58.8 Å². The molecule has 1 aromatic heterocycles. The van der Waals surface area contributed by atoms with Crippen molar-refractivity contribution in [2.24, 2.45) is 5.92 Å². The van der Waals surface area contributed by atoms with Gasteiger partial charge in [-0.15, -0.1) is 0 Å². The molecular formula is C30H36N4O6. The number of para-hydroxylation sites is 1. The van der Waals surface area contributed by atoms with Gasteiger partial charge in [0.2, 0.25) is 5.89 Å². The fourth-order valence-electron chi connectivity index (χ4n) is 4.43. The maximum Gasteiger partial charge on any atom is 0.418 e. The van der Waals surface area contributed by atoms with Crippen molar-refractivity contribution in [2.75, 3.05) is 18.0 Å². The number of rotatable bonds is 9. The second-order valence-corrected chi connectivity index (χ2v) is 10.3. The van der Waals surface area contributed by atoms with Crippen LogP contribution in [0.25, 0.3) is 0 Å². The number of urea groups is 1. The highest BCUT2D eigenvalue weighted by Crippen LogP contribution is 2.28. The number of aromatic nitrogens is 1. The van der Waals surface area contributed by atoms with E-state index in [1.165, 1.54) is 6.26 Å². The van der Waals surface area contributed by atoms with E-state index in [1.54, 1.807) is 11.8 Å². The Morgan fingerprint density at radius 3 is 2.58 bits per heavy atom. The number of aliphatic hydroxyl groups excluding tert-OH is 1. The quantitative estimate of drug-likeness (QED) is 0.382. The fourth-order valence-corrected chi connectivity index (χ4v) is 4.43. The molecule has 0 bridgehead atoms. The van der Waals surface area contributed by atoms with Gasteiger partial charge in [-0.3, -0.25) is 4.79 Å². The van der Waals surface area contributed by atoms with Gasteiger partial charge in [-0.25, -0.2) is 19.5 Å². The average Bonchev–Trinajstić information content (AvgIpc) is 3.46. The smallest absolute Gasteiger partial charge is 0.418 e. The fraction of sp³-hybridized carbons (Fsp3) is 0.400. The van der Waals surface area contributed by atoms with Gasteiger partial charge in [-0.2, -0.15) is 0 Å². The highest BCUT2D eigenvalue weighted by molar-refractivity contribution is 6.05. The Morgan fingerprint density at radius 1 is 1.10 bits per heavy atom. The highest BCUT2D eigenvalue weighted by Gasteiger charge is 2.31. The normalized spacial score (nSPS) is 14.3. The molecule has 1 aliphatic heterocycles. The highest BCUT2D eigenvalue weighted by atomic mass is 16.6. The summed E-state index contributed by atoms with van der Waals surface area (Å²) in [5.41, 5.74) is 2.79. The van der Waals surface area contributed by atoms with Gasteiger partial charge in [0, 0.05) is 18.8 Å². The molecule has 40 heavy (non-hydrogen) atoms. The Hall–Kier alpha value is -4.18. The molecule has 0 saturated heterocycles. The van der Waals surface area contributed by atoms with E-state index < -0.39 is 24.3 Å². The van der Waals surface area contributed by atoms with Gasteiger partial charge in [-0.1, -0.05) is 62.4 Å². The van der Waals surface area contributed by atoms with E-state index in [0.717, 1.165) is 34.6 Å². The predicted octanol–water partition coefficient (Wildman–Crippen LogP) is 5.08. The Kier molecular flexibility index (Phi) is 9.55. The van der Waals surface area contributed by atoms with E-state index >= 15 is 0 Å². The zero-order chi connectivity index (χ0) is 28.6. The standard InChI is InChI=1S/C30H36N4O6/c1-20(2)15-17-34(30(38)40-18-22-10-5-4-6-11-22)29(37)31-21(3)26(35)27-32-24(19-39-27)28(36)33-16-9-13-23-12-7-8-14-25(23)33/h4-8,10-12,14,19-21,26,35H,9,13,15-18H2,1-3H3,(H,31,37)/t21-,26?/m0/s1. The first-order valence-corrected chi connectivity index (χ1v) is 13.6. The molecule has 212 valence electrons. The number of amides is 4. The van der Waals surface area contributed by atoms with Crippen LogP contribution in [0.1, 0.15) is 67.2 Å². The summed E-state index contributed by atoms with van der Waals surface area (Å²) in [6.07, 6.45) is 1.38. The van der Waals surface area contributed by atoms with E-state index in [4.69, 9.17) is 9.15 Å². The van der Waals surface area contributed by atoms with Crippen LogP contribution in [0.5, 0.6) is 0 Å². The molecule has 0 aliphatic carbocycles. The summed E-state index contributed by atoms with van der Waals surface area (Å²) in [4.78, 5) is 46.0. The second kappa shape index (κ2) is 13.3. The van der Waals surface area contributed by atoms with Crippen molar-refractivity contribution >= 4 is 23.7 Å². The molecule has 0 radical (unpaired) electrons. The van der Waals surface area contributed by atoms with Crippen molar-refractivity contribution in [3.63, 3.8) is 0 Å². The molecule has 2 aromatic carbocycles. The van der Waals surface area contributed by atoms with Crippen molar-refractivity contribution in [3.05, 3.63) is 83.6 Å². The molecule has 0 fully saturated rings. The molecule has 2 heterocycles. The number of benzene rings is 2. The third kappa shape index (κ3) is 7.06. The number of hydrogen-bond donors (Lipinski definition) is 2. The van der Waals surface area contributed by atoms with Gasteiger partial charge in [0.05, 0.1) is 6.04 Å². The lowest BCUT2D eigenvalue weighted by molar-refractivity contribution is 0.0897. The second-order valence-electron chi connectivity index (χ2n) is 10.3. The number of oxazole rings is 1. The molecule has 2 N–H and O–H groups in total. The van der Waals surface area contributed by atoms with Crippen LogP contribution in [0.4, 0.5) is 15.3 Å². The Labute approximate surface area is 233 Å². The van der Waals surface area contributed by atoms with Gasteiger partial charge in [-0.05, 0) is 49.3 Å². The number of hydrogen-bond acceptors (Lipinski definition) is 7. The predicted molar refractivity (Wildman–Crippen MR) is 149 cm³/mol. The molecule has 10 heteroatoms. The molecule has 4 amide bonds. The number of aryl methyl sites for hydroxylation is 1. The Bertz CT molecular complexity index is 1310. The molecule has 3 aromatic rings. The van der Waals surface area contributed by atoms with Crippen LogP contribution in [0.15, 0.2) is 65.3 Å². The van der Waals surface area contributed by atoms with Gasteiger partial charge < -0.3 is 24.5 Å². The van der Waals surface area contributed by atoms with Crippen LogP contribution in [-0.2, 0) is 17.8 Å². The minimum Gasteiger partial charge on any atom is -0.445 e. The molecule has 10 nitrogen and oxygen atoms in total. The summed E-state index contributed by atoms with van der Waals surface area (Å²) in [5.74, 6) is -0.190.